The molecule has 2 rings (SSSR count). The summed E-state index contributed by atoms with van der Waals surface area (Å²) < 4.78 is 50.0. The summed E-state index contributed by atoms with van der Waals surface area (Å²) in [6.45, 7) is 0. The van der Waals surface area contributed by atoms with Gasteiger partial charge in [-0.15, -0.1) is 0 Å². The van der Waals surface area contributed by atoms with Gasteiger partial charge in [-0.25, -0.2) is 16.8 Å². The number of nitrogens with one attached hydrogen (secondary N) is 1. The van der Waals surface area contributed by atoms with Crippen LogP contribution in [0.5, 0.6) is 0 Å². The van der Waals surface area contributed by atoms with Gasteiger partial charge in [-0.2, -0.15) is 5.26 Å². The van der Waals surface area contributed by atoms with Crippen LogP contribution in [0.1, 0.15) is 11.1 Å². The summed E-state index contributed by atoms with van der Waals surface area (Å²) in [4.78, 5) is -0.00865. The average molecular weight is 350 g/mol. The van der Waals surface area contributed by atoms with E-state index < -0.39 is 19.9 Å². The molecule has 2 aromatic carbocycles. The highest BCUT2D eigenvalue weighted by atomic mass is 32.2. The Balaban J connectivity index is 2.36. The second kappa shape index (κ2) is 6.40. The first-order chi connectivity index (χ1) is 10.7. The van der Waals surface area contributed by atoms with Gasteiger partial charge in [0.2, 0.25) is 0 Å². The number of sulfone groups is 1. The number of hydrogen-bond donors (Lipinski definition) is 1. The van der Waals surface area contributed by atoms with E-state index >= 15 is 0 Å². The molecule has 6 nitrogen and oxygen atoms in total. The third-order valence-corrected chi connectivity index (χ3v) is 5.19. The van der Waals surface area contributed by atoms with Crippen LogP contribution in [-0.2, 0) is 25.6 Å². The number of hydrogen-bond acceptors (Lipinski definition) is 5. The highest BCUT2D eigenvalue weighted by Gasteiger charge is 2.17. The molecule has 0 aliphatic carbocycles. The largest absolute Gasteiger partial charge is 0.279 e. The normalized spacial score (nSPS) is 11.7. The van der Waals surface area contributed by atoms with Crippen LogP contribution in [0.15, 0.2) is 53.4 Å². The topological polar surface area (TPSA) is 104 Å². The van der Waals surface area contributed by atoms with Gasteiger partial charge < -0.3 is 0 Å². The highest BCUT2D eigenvalue weighted by Crippen LogP contribution is 2.22. The molecule has 2 aromatic rings. The van der Waals surface area contributed by atoms with Crippen LogP contribution in [0.25, 0.3) is 0 Å². The predicted molar refractivity (Wildman–Crippen MR) is 87.0 cm³/mol. The van der Waals surface area contributed by atoms with Crippen LogP contribution in [0.2, 0.25) is 0 Å². The Labute approximate surface area is 135 Å². The van der Waals surface area contributed by atoms with E-state index in [1.54, 1.807) is 18.2 Å². The molecule has 0 saturated heterocycles. The molecule has 0 unspecified atom stereocenters. The maximum Gasteiger partial charge on any atom is 0.261 e. The molecule has 8 heteroatoms. The van der Waals surface area contributed by atoms with E-state index in [9.17, 15) is 16.8 Å². The number of para-hydroxylation sites is 1. The summed E-state index contributed by atoms with van der Waals surface area (Å²) in [5.41, 5.74) is 0.927. The second-order valence-electron chi connectivity index (χ2n) is 4.97. The maximum absolute atomic E-state index is 12.4. The summed E-state index contributed by atoms with van der Waals surface area (Å²) in [6, 6.07) is 13.7. The van der Waals surface area contributed by atoms with Crippen LogP contribution >= 0.6 is 0 Å². The van der Waals surface area contributed by atoms with E-state index in [2.05, 4.69) is 4.72 Å². The summed E-state index contributed by atoms with van der Waals surface area (Å²) in [5, 5.41) is 8.74. The highest BCUT2D eigenvalue weighted by molar-refractivity contribution is 7.92. The zero-order chi connectivity index (χ0) is 17.1. The van der Waals surface area contributed by atoms with Crippen molar-refractivity contribution < 1.29 is 16.8 Å². The van der Waals surface area contributed by atoms with Gasteiger partial charge in [0.05, 0.1) is 28.0 Å². The van der Waals surface area contributed by atoms with Crippen molar-refractivity contribution in [3.8, 4) is 6.07 Å². The molecular weight excluding hydrogens is 336 g/mol. The Kier molecular flexibility index (Phi) is 4.73. The maximum atomic E-state index is 12.4. The average Bonchev–Trinajstić information content (AvgIpc) is 2.48. The van der Waals surface area contributed by atoms with Crippen molar-refractivity contribution in [2.24, 2.45) is 0 Å². The zero-order valence-electron chi connectivity index (χ0n) is 12.2. The van der Waals surface area contributed by atoms with Gasteiger partial charge in [-0.3, -0.25) is 4.72 Å². The minimum Gasteiger partial charge on any atom is -0.279 e. The fraction of sp³-hybridized carbons (Fsp3) is 0.133. The number of anilines is 1. The number of benzene rings is 2. The smallest absolute Gasteiger partial charge is 0.261 e. The molecule has 0 bridgehead atoms. The molecular formula is C15H14N2O4S2. The number of rotatable bonds is 5. The molecule has 0 fully saturated rings. The molecule has 0 heterocycles. The Morgan fingerprint density at radius 3 is 2.17 bits per heavy atom. The lowest BCUT2D eigenvalue weighted by Crippen LogP contribution is -2.15. The van der Waals surface area contributed by atoms with Gasteiger partial charge in [0, 0.05) is 6.26 Å². The van der Waals surface area contributed by atoms with E-state index in [0.717, 1.165) is 6.26 Å². The van der Waals surface area contributed by atoms with Gasteiger partial charge in [-0.1, -0.05) is 18.2 Å². The molecule has 0 spiro atoms. The number of nitriles is 1. The molecule has 0 aliphatic rings. The lowest BCUT2D eigenvalue weighted by Gasteiger charge is -2.12. The van der Waals surface area contributed by atoms with Crippen LogP contribution in [0, 0.1) is 11.3 Å². The van der Waals surface area contributed by atoms with E-state index in [1.165, 1.54) is 30.3 Å². The quantitative estimate of drug-likeness (QED) is 0.887. The van der Waals surface area contributed by atoms with Crippen molar-refractivity contribution in [2.75, 3.05) is 11.0 Å². The summed E-state index contributed by atoms with van der Waals surface area (Å²) in [7, 11) is -7.17. The lowest BCUT2D eigenvalue weighted by molar-refractivity contribution is 0.598. The molecule has 0 saturated carbocycles. The third-order valence-electron chi connectivity index (χ3n) is 2.97. The molecule has 1 N–H and O–H groups in total. The third kappa shape index (κ3) is 4.55. The molecule has 0 aliphatic heterocycles. The molecule has 0 aromatic heterocycles. The monoisotopic (exact) mass is 350 g/mol. The second-order valence-corrected chi connectivity index (χ2v) is 8.79. The minimum atomic E-state index is -3.87. The molecule has 0 amide bonds. The first kappa shape index (κ1) is 17.0. The first-order valence-electron chi connectivity index (χ1n) is 6.50. The van der Waals surface area contributed by atoms with Gasteiger partial charge in [0.25, 0.3) is 10.0 Å². The molecule has 23 heavy (non-hydrogen) atoms. The Bertz CT molecular complexity index is 957. The van der Waals surface area contributed by atoms with Crippen LogP contribution in [0.4, 0.5) is 5.69 Å². The van der Waals surface area contributed by atoms with E-state index in [1.807, 2.05) is 6.07 Å². The van der Waals surface area contributed by atoms with Crippen LogP contribution in [0.3, 0.4) is 0 Å². The SMILES string of the molecule is CS(=O)(=O)Cc1ccccc1NS(=O)(=O)c1ccc(C#N)cc1. The fourth-order valence-corrected chi connectivity index (χ4v) is 3.86. The van der Waals surface area contributed by atoms with Crippen LogP contribution in [-0.4, -0.2) is 23.1 Å². The van der Waals surface area contributed by atoms with Crippen LogP contribution < -0.4 is 4.72 Å². The Morgan fingerprint density at radius 1 is 1.00 bits per heavy atom. The number of sulfonamides is 1. The summed E-state index contributed by atoms with van der Waals surface area (Å²) in [5.74, 6) is -0.265. The van der Waals surface area contributed by atoms with Crippen molar-refractivity contribution in [3.05, 3.63) is 59.7 Å². The predicted octanol–water partition coefficient (Wildman–Crippen LogP) is 1.90. The standard InChI is InChI=1S/C15H14N2O4S2/c1-22(18,19)11-13-4-2-3-5-15(13)17-23(20,21)14-8-6-12(10-16)7-9-14/h2-9,17H,11H2,1H3. The van der Waals surface area contributed by atoms with Gasteiger partial charge in [0.15, 0.2) is 9.84 Å². The Hall–Kier alpha value is -2.37. The summed E-state index contributed by atoms with van der Waals surface area (Å²) >= 11 is 0. The number of nitrogens with zero attached hydrogens (tertiary/aromatic N) is 1. The van der Waals surface area contributed by atoms with Crippen molar-refractivity contribution >= 4 is 25.5 Å². The fourth-order valence-electron chi connectivity index (χ4n) is 1.94. The van der Waals surface area contributed by atoms with Crippen molar-refractivity contribution in [1.29, 1.82) is 5.26 Å². The van der Waals surface area contributed by atoms with Gasteiger partial charge in [0.1, 0.15) is 0 Å². The first-order valence-corrected chi connectivity index (χ1v) is 10.0. The molecule has 120 valence electrons. The molecule has 0 radical (unpaired) electrons. The van der Waals surface area contributed by atoms with E-state index in [4.69, 9.17) is 5.26 Å². The van der Waals surface area contributed by atoms with Crippen molar-refractivity contribution in [3.63, 3.8) is 0 Å². The lowest BCUT2D eigenvalue weighted by atomic mass is 10.2. The summed E-state index contributed by atoms with van der Waals surface area (Å²) in [6.07, 6.45) is 1.08. The Morgan fingerprint density at radius 2 is 1.61 bits per heavy atom. The minimum absolute atomic E-state index is 0.00865. The van der Waals surface area contributed by atoms with Gasteiger partial charge >= 0.3 is 0 Å². The van der Waals surface area contributed by atoms with E-state index in [-0.39, 0.29) is 16.3 Å². The van der Waals surface area contributed by atoms with E-state index in [0.29, 0.717) is 11.1 Å². The molecule has 0 atom stereocenters. The van der Waals surface area contributed by atoms with Crippen molar-refractivity contribution in [1.82, 2.24) is 0 Å². The van der Waals surface area contributed by atoms with Crippen molar-refractivity contribution in [2.45, 2.75) is 10.6 Å². The van der Waals surface area contributed by atoms with Gasteiger partial charge in [-0.05, 0) is 35.9 Å². The zero-order valence-corrected chi connectivity index (χ0v) is 13.9.